The fourth-order valence-corrected chi connectivity index (χ4v) is 1.68. The van der Waals surface area contributed by atoms with Gasteiger partial charge in [0.15, 0.2) is 0 Å². The van der Waals surface area contributed by atoms with E-state index in [4.69, 9.17) is 4.74 Å². The Balaban J connectivity index is 2.79. The van der Waals surface area contributed by atoms with E-state index in [1.807, 2.05) is 24.7 Å². The zero-order valence-electron chi connectivity index (χ0n) is 8.96. The minimum atomic E-state index is 0.899. The SMILES string of the molecule is COc1cc2nn(C)c(C)c2cc1C. The molecule has 0 amide bonds. The van der Waals surface area contributed by atoms with Crippen LogP contribution in [0.2, 0.25) is 0 Å². The standard InChI is InChI=1S/C11H14N2O/c1-7-5-9-8(2)13(3)12-10(9)6-11(7)14-4/h5-6H,1-4H3. The molecule has 0 unspecified atom stereocenters. The molecule has 0 aliphatic heterocycles. The van der Waals surface area contributed by atoms with Gasteiger partial charge in [-0.25, -0.2) is 0 Å². The third-order valence-electron chi connectivity index (χ3n) is 2.65. The molecule has 3 heteroatoms. The lowest BCUT2D eigenvalue weighted by molar-refractivity contribution is 0.412. The van der Waals surface area contributed by atoms with Gasteiger partial charge in [0, 0.05) is 24.2 Å². The molecule has 1 heterocycles. The second-order valence-electron chi connectivity index (χ2n) is 3.55. The lowest BCUT2D eigenvalue weighted by Crippen LogP contribution is -1.91. The molecule has 0 saturated heterocycles. The Kier molecular flexibility index (Phi) is 1.95. The van der Waals surface area contributed by atoms with Gasteiger partial charge >= 0.3 is 0 Å². The van der Waals surface area contributed by atoms with Crippen molar-refractivity contribution in [3.05, 3.63) is 23.4 Å². The van der Waals surface area contributed by atoms with Gasteiger partial charge in [-0.1, -0.05) is 0 Å². The predicted molar refractivity (Wildman–Crippen MR) is 56.7 cm³/mol. The normalized spacial score (nSPS) is 10.9. The topological polar surface area (TPSA) is 27.1 Å². The van der Waals surface area contributed by atoms with E-state index in [2.05, 4.69) is 18.1 Å². The number of aromatic nitrogens is 2. The van der Waals surface area contributed by atoms with Crippen molar-refractivity contribution in [3.63, 3.8) is 0 Å². The van der Waals surface area contributed by atoms with Gasteiger partial charge in [-0.05, 0) is 25.5 Å². The molecular formula is C11H14N2O. The van der Waals surface area contributed by atoms with Gasteiger partial charge in [-0.15, -0.1) is 0 Å². The molecule has 0 spiro atoms. The van der Waals surface area contributed by atoms with Crippen molar-refractivity contribution < 1.29 is 4.74 Å². The van der Waals surface area contributed by atoms with E-state index in [0.29, 0.717) is 0 Å². The summed E-state index contributed by atoms with van der Waals surface area (Å²) >= 11 is 0. The number of fused-ring (bicyclic) bond motifs is 1. The van der Waals surface area contributed by atoms with Crippen LogP contribution in [0.5, 0.6) is 5.75 Å². The molecule has 0 fully saturated rings. The van der Waals surface area contributed by atoms with E-state index >= 15 is 0 Å². The molecule has 0 aliphatic carbocycles. The van der Waals surface area contributed by atoms with Crippen molar-refractivity contribution in [1.82, 2.24) is 9.78 Å². The van der Waals surface area contributed by atoms with Gasteiger partial charge in [0.1, 0.15) is 5.75 Å². The molecule has 1 aromatic carbocycles. The number of ether oxygens (including phenoxy) is 1. The lowest BCUT2D eigenvalue weighted by Gasteiger charge is -2.03. The maximum absolute atomic E-state index is 5.25. The second kappa shape index (κ2) is 3.01. The van der Waals surface area contributed by atoms with Crippen molar-refractivity contribution in [2.24, 2.45) is 7.05 Å². The molecule has 2 rings (SSSR count). The van der Waals surface area contributed by atoms with Crippen molar-refractivity contribution >= 4 is 10.9 Å². The van der Waals surface area contributed by atoms with Crippen LogP contribution in [0.3, 0.4) is 0 Å². The average Bonchev–Trinajstić information content (AvgIpc) is 2.43. The Morgan fingerprint density at radius 1 is 1.29 bits per heavy atom. The summed E-state index contributed by atoms with van der Waals surface area (Å²) in [5.41, 5.74) is 3.33. The Hall–Kier alpha value is -1.51. The number of rotatable bonds is 1. The molecule has 0 bridgehead atoms. The largest absolute Gasteiger partial charge is 0.496 e. The fourth-order valence-electron chi connectivity index (χ4n) is 1.68. The number of nitrogens with zero attached hydrogens (tertiary/aromatic N) is 2. The minimum Gasteiger partial charge on any atom is -0.496 e. The Labute approximate surface area is 83.3 Å². The predicted octanol–water partition coefficient (Wildman–Crippen LogP) is 2.20. The minimum absolute atomic E-state index is 0.899. The van der Waals surface area contributed by atoms with E-state index in [1.54, 1.807) is 7.11 Å². The molecule has 0 radical (unpaired) electrons. The molecule has 0 atom stereocenters. The highest BCUT2D eigenvalue weighted by atomic mass is 16.5. The van der Waals surface area contributed by atoms with Crippen molar-refractivity contribution in [2.45, 2.75) is 13.8 Å². The van der Waals surface area contributed by atoms with Gasteiger partial charge in [0.25, 0.3) is 0 Å². The second-order valence-corrected chi connectivity index (χ2v) is 3.55. The highest BCUT2D eigenvalue weighted by molar-refractivity contribution is 5.83. The molecule has 3 nitrogen and oxygen atoms in total. The van der Waals surface area contributed by atoms with Gasteiger partial charge in [-0.2, -0.15) is 5.10 Å². The number of aryl methyl sites for hydroxylation is 3. The Morgan fingerprint density at radius 3 is 2.64 bits per heavy atom. The fraction of sp³-hybridized carbons (Fsp3) is 0.364. The van der Waals surface area contributed by atoms with E-state index in [-0.39, 0.29) is 0 Å². The van der Waals surface area contributed by atoms with E-state index in [0.717, 1.165) is 16.8 Å². The third kappa shape index (κ3) is 1.16. The number of hydrogen-bond acceptors (Lipinski definition) is 2. The van der Waals surface area contributed by atoms with E-state index in [1.165, 1.54) is 11.1 Å². The third-order valence-corrected chi connectivity index (χ3v) is 2.65. The van der Waals surface area contributed by atoms with Crippen LogP contribution in [0.15, 0.2) is 12.1 Å². The molecular weight excluding hydrogens is 176 g/mol. The molecule has 0 saturated carbocycles. The zero-order chi connectivity index (χ0) is 10.3. The van der Waals surface area contributed by atoms with Gasteiger partial charge in [-0.3, -0.25) is 4.68 Å². The molecule has 0 aliphatic rings. The summed E-state index contributed by atoms with van der Waals surface area (Å²) in [4.78, 5) is 0. The van der Waals surface area contributed by atoms with Crippen LogP contribution < -0.4 is 4.74 Å². The summed E-state index contributed by atoms with van der Waals surface area (Å²) in [5.74, 6) is 0.899. The lowest BCUT2D eigenvalue weighted by atomic mass is 10.1. The van der Waals surface area contributed by atoms with Crippen molar-refractivity contribution in [3.8, 4) is 5.75 Å². The maximum Gasteiger partial charge on any atom is 0.124 e. The van der Waals surface area contributed by atoms with Crippen LogP contribution in [0.25, 0.3) is 10.9 Å². The summed E-state index contributed by atoms with van der Waals surface area (Å²) in [6, 6.07) is 4.11. The van der Waals surface area contributed by atoms with Crippen LogP contribution in [0, 0.1) is 13.8 Å². The quantitative estimate of drug-likeness (QED) is 0.689. The van der Waals surface area contributed by atoms with Crippen LogP contribution in [-0.2, 0) is 7.05 Å². The molecule has 1 aromatic heterocycles. The molecule has 74 valence electrons. The summed E-state index contributed by atoms with van der Waals surface area (Å²) in [6.07, 6.45) is 0. The monoisotopic (exact) mass is 190 g/mol. The molecule has 0 N–H and O–H groups in total. The summed E-state index contributed by atoms with van der Waals surface area (Å²) in [5, 5.41) is 5.60. The Bertz CT molecular complexity index is 485. The maximum atomic E-state index is 5.25. The smallest absolute Gasteiger partial charge is 0.124 e. The summed E-state index contributed by atoms with van der Waals surface area (Å²) in [6.45, 7) is 4.12. The van der Waals surface area contributed by atoms with Gasteiger partial charge < -0.3 is 4.74 Å². The summed E-state index contributed by atoms with van der Waals surface area (Å²) in [7, 11) is 3.64. The highest BCUT2D eigenvalue weighted by Crippen LogP contribution is 2.26. The van der Waals surface area contributed by atoms with Crippen LogP contribution in [0.1, 0.15) is 11.3 Å². The van der Waals surface area contributed by atoms with E-state index < -0.39 is 0 Å². The summed E-state index contributed by atoms with van der Waals surface area (Å²) < 4.78 is 7.15. The van der Waals surface area contributed by atoms with Crippen LogP contribution in [0.4, 0.5) is 0 Å². The van der Waals surface area contributed by atoms with Crippen molar-refractivity contribution in [1.29, 1.82) is 0 Å². The first-order valence-electron chi connectivity index (χ1n) is 4.61. The number of hydrogen-bond donors (Lipinski definition) is 0. The van der Waals surface area contributed by atoms with Gasteiger partial charge in [0.05, 0.1) is 12.6 Å². The van der Waals surface area contributed by atoms with Crippen molar-refractivity contribution in [2.75, 3.05) is 7.11 Å². The van der Waals surface area contributed by atoms with Gasteiger partial charge in [0.2, 0.25) is 0 Å². The highest BCUT2D eigenvalue weighted by Gasteiger charge is 2.07. The first kappa shape index (κ1) is 9.06. The Morgan fingerprint density at radius 2 is 2.00 bits per heavy atom. The average molecular weight is 190 g/mol. The first-order chi connectivity index (χ1) is 6.63. The number of benzene rings is 1. The number of methoxy groups -OCH3 is 1. The zero-order valence-corrected chi connectivity index (χ0v) is 8.96. The van der Waals surface area contributed by atoms with Crippen LogP contribution in [-0.4, -0.2) is 16.9 Å². The van der Waals surface area contributed by atoms with Crippen LogP contribution >= 0.6 is 0 Å². The first-order valence-corrected chi connectivity index (χ1v) is 4.61. The molecule has 2 aromatic rings. The van der Waals surface area contributed by atoms with E-state index in [9.17, 15) is 0 Å². The molecule has 14 heavy (non-hydrogen) atoms.